The number of carboxylic acids is 1. The molecule has 0 radical (unpaired) electrons. The molecule has 1 aliphatic rings. The molecule has 0 saturated heterocycles. The third-order valence-electron chi connectivity index (χ3n) is 2.07. The second kappa shape index (κ2) is 4.04. The van der Waals surface area contributed by atoms with Crippen LogP contribution < -0.4 is 0 Å². The number of carbonyl (C=O) groups excluding carboxylic acids is 1. The van der Waals surface area contributed by atoms with Gasteiger partial charge in [0.1, 0.15) is 0 Å². The van der Waals surface area contributed by atoms with Gasteiger partial charge in [-0.3, -0.25) is 9.59 Å². The van der Waals surface area contributed by atoms with Crippen LogP contribution in [-0.4, -0.2) is 16.9 Å². The number of aliphatic carboxylic acids is 1. The zero-order valence-corrected chi connectivity index (χ0v) is 6.82. The first-order valence-electron chi connectivity index (χ1n) is 4.12. The zero-order valence-electron chi connectivity index (χ0n) is 6.82. The van der Waals surface area contributed by atoms with Gasteiger partial charge in [-0.25, -0.2) is 0 Å². The summed E-state index contributed by atoms with van der Waals surface area (Å²) in [4.78, 5) is 21.3. The van der Waals surface area contributed by atoms with Gasteiger partial charge in [0.05, 0.1) is 0 Å². The highest BCUT2D eigenvalue weighted by atomic mass is 16.4. The van der Waals surface area contributed by atoms with E-state index in [-0.39, 0.29) is 18.1 Å². The van der Waals surface area contributed by atoms with Crippen LogP contribution in [0.3, 0.4) is 0 Å². The number of hydrogen-bond acceptors (Lipinski definition) is 2. The Labute approximate surface area is 71.1 Å². The van der Waals surface area contributed by atoms with Crippen LogP contribution in [0.5, 0.6) is 0 Å². The van der Waals surface area contributed by atoms with Gasteiger partial charge in [0.25, 0.3) is 0 Å². The van der Waals surface area contributed by atoms with Gasteiger partial charge >= 0.3 is 5.97 Å². The van der Waals surface area contributed by atoms with Crippen molar-refractivity contribution >= 4 is 11.8 Å². The summed E-state index contributed by atoms with van der Waals surface area (Å²) in [5, 5.41) is 8.40. The maximum atomic E-state index is 11.1. The number of ketones is 1. The van der Waals surface area contributed by atoms with Crippen molar-refractivity contribution in [2.24, 2.45) is 5.92 Å². The van der Waals surface area contributed by atoms with E-state index in [0.717, 1.165) is 12.8 Å². The van der Waals surface area contributed by atoms with E-state index in [2.05, 4.69) is 0 Å². The second-order valence-corrected chi connectivity index (χ2v) is 3.01. The molecule has 3 heteroatoms. The number of carboxylic acid groups (broad SMARTS) is 1. The lowest BCUT2D eigenvalue weighted by atomic mass is 9.89. The molecule has 1 rings (SSSR count). The van der Waals surface area contributed by atoms with E-state index in [4.69, 9.17) is 5.11 Å². The first-order valence-corrected chi connectivity index (χ1v) is 4.12. The largest absolute Gasteiger partial charge is 0.481 e. The minimum Gasteiger partial charge on any atom is -0.481 e. The molecule has 0 saturated carbocycles. The maximum absolute atomic E-state index is 11.1. The van der Waals surface area contributed by atoms with Gasteiger partial charge in [-0.15, -0.1) is 0 Å². The van der Waals surface area contributed by atoms with Crippen LogP contribution in [0.4, 0.5) is 0 Å². The Balaban J connectivity index is 2.37. The van der Waals surface area contributed by atoms with E-state index < -0.39 is 5.97 Å². The fraction of sp³-hybridized carbons (Fsp3) is 0.556. The highest BCUT2D eigenvalue weighted by Crippen LogP contribution is 2.19. The van der Waals surface area contributed by atoms with Gasteiger partial charge in [0.2, 0.25) is 0 Å². The third kappa shape index (κ3) is 2.49. The molecule has 0 amide bonds. The summed E-state index contributed by atoms with van der Waals surface area (Å²) in [5.74, 6) is -0.786. The lowest BCUT2D eigenvalue weighted by Crippen LogP contribution is -2.16. The fourth-order valence-corrected chi connectivity index (χ4v) is 1.36. The molecular formula is C9H12O3. The number of hydrogen-bond donors (Lipinski definition) is 1. The monoisotopic (exact) mass is 168 g/mol. The summed E-state index contributed by atoms with van der Waals surface area (Å²) >= 11 is 0. The first-order chi connectivity index (χ1) is 5.70. The Bertz CT molecular complexity index is 218. The van der Waals surface area contributed by atoms with Crippen LogP contribution in [0.25, 0.3) is 0 Å². The predicted octanol–water partition coefficient (Wildman–Crippen LogP) is 1.39. The summed E-state index contributed by atoms with van der Waals surface area (Å²) in [7, 11) is 0. The topological polar surface area (TPSA) is 54.4 Å². The molecule has 0 aliphatic heterocycles. The van der Waals surface area contributed by atoms with Crippen molar-refractivity contribution in [3.63, 3.8) is 0 Å². The fourth-order valence-electron chi connectivity index (χ4n) is 1.36. The van der Waals surface area contributed by atoms with Crippen molar-refractivity contribution in [3.05, 3.63) is 12.2 Å². The van der Waals surface area contributed by atoms with E-state index in [1.807, 2.05) is 6.08 Å². The molecule has 0 bridgehead atoms. The van der Waals surface area contributed by atoms with Crippen molar-refractivity contribution in [2.75, 3.05) is 0 Å². The molecule has 0 aromatic heterocycles. The average Bonchev–Trinajstić information content (AvgIpc) is 2.03. The molecule has 1 N–H and O–H groups in total. The second-order valence-electron chi connectivity index (χ2n) is 3.01. The SMILES string of the molecule is O=C(O)CCC1CCC=CC1=O. The minimum absolute atomic E-state index is 0.0499. The third-order valence-corrected chi connectivity index (χ3v) is 2.07. The van der Waals surface area contributed by atoms with Crippen molar-refractivity contribution in [1.29, 1.82) is 0 Å². The first kappa shape index (κ1) is 8.97. The number of rotatable bonds is 3. The number of allylic oxidation sites excluding steroid dienone is 2. The lowest BCUT2D eigenvalue weighted by Gasteiger charge is -2.14. The van der Waals surface area contributed by atoms with Gasteiger partial charge < -0.3 is 5.11 Å². The van der Waals surface area contributed by atoms with Gasteiger partial charge in [0, 0.05) is 12.3 Å². The molecule has 0 aromatic carbocycles. The smallest absolute Gasteiger partial charge is 0.303 e. The molecule has 1 atom stereocenters. The lowest BCUT2D eigenvalue weighted by molar-refractivity contribution is -0.137. The summed E-state index contributed by atoms with van der Waals surface area (Å²) in [6.07, 6.45) is 5.71. The normalized spacial score (nSPS) is 22.7. The van der Waals surface area contributed by atoms with Crippen LogP contribution in [0.1, 0.15) is 25.7 Å². The van der Waals surface area contributed by atoms with Crippen LogP contribution in [0, 0.1) is 5.92 Å². The molecular weight excluding hydrogens is 156 g/mol. The molecule has 1 aliphatic carbocycles. The minimum atomic E-state index is -0.822. The zero-order chi connectivity index (χ0) is 8.97. The molecule has 3 nitrogen and oxygen atoms in total. The highest BCUT2D eigenvalue weighted by Gasteiger charge is 2.18. The Kier molecular flexibility index (Phi) is 3.02. The average molecular weight is 168 g/mol. The Morgan fingerprint density at radius 2 is 2.42 bits per heavy atom. The summed E-state index contributed by atoms with van der Waals surface area (Å²) in [6, 6.07) is 0. The van der Waals surface area contributed by atoms with E-state index >= 15 is 0 Å². The van der Waals surface area contributed by atoms with Crippen molar-refractivity contribution in [1.82, 2.24) is 0 Å². The summed E-state index contributed by atoms with van der Waals surface area (Å²) < 4.78 is 0. The molecule has 0 heterocycles. The molecule has 0 aromatic rings. The van der Waals surface area contributed by atoms with E-state index in [1.54, 1.807) is 6.08 Å². The Hall–Kier alpha value is -1.12. The van der Waals surface area contributed by atoms with Crippen molar-refractivity contribution in [3.8, 4) is 0 Å². The van der Waals surface area contributed by atoms with Crippen LogP contribution >= 0.6 is 0 Å². The molecule has 66 valence electrons. The highest BCUT2D eigenvalue weighted by molar-refractivity contribution is 5.92. The van der Waals surface area contributed by atoms with Gasteiger partial charge in [0.15, 0.2) is 5.78 Å². The van der Waals surface area contributed by atoms with E-state index in [9.17, 15) is 9.59 Å². The van der Waals surface area contributed by atoms with Crippen molar-refractivity contribution in [2.45, 2.75) is 25.7 Å². The van der Waals surface area contributed by atoms with E-state index in [0.29, 0.717) is 6.42 Å². The van der Waals surface area contributed by atoms with Crippen LogP contribution in [-0.2, 0) is 9.59 Å². The molecule has 12 heavy (non-hydrogen) atoms. The van der Waals surface area contributed by atoms with Crippen LogP contribution in [0.2, 0.25) is 0 Å². The van der Waals surface area contributed by atoms with E-state index in [1.165, 1.54) is 0 Å². The van der Waals surface area contributed by atoms with Gasteiger partial charge in [-0.05, 0) is 25.3 Å². The van der Waals surface area contributed by atoms with Crippen LogP contribution in [0.15, 0.2) is 12.2 Å². The summed E-state index contributed by atoms with van der Waals surface area (Å²) in [6.45, 7) is 0. The number of carbonyl (C=O) groups is 2. The quantitative estimate of drug-likeness (QED) is 0.692. The predicted molar refractivity (Wildman–Crippen MR) is 43.7 cm³/mol. The standard InChI is InChI=1S/C9H12O3/c10-8-4-2-1-3-7(8)5-6-9(11)12/h2,4,7H,1,3,5-6H2,(H,11,12). The van der Waals surface area contributed by atoms with Gasteiger partial charge in [-0.2, -0.15) is 0 Å². The molecule has 0 spiro atoms. The Morgan fingerprint density at radius 1 is 1.67 bits per heavy atom. The molecule has 0 fully saturated rings. The maximum Gasteiger partial charge on any atom is 0.303 e. The van der Waals surface area contributed by atoms with Gasteiger partial charge in [-0.1, -0.05) is 6.08 Å². The molecule has 1 unspecified atom stereocenters. The van der Waals surface area contributed by atoms with Crippen molar-refractivity contribution < 1.29 is 14.7 Å². The Morgan fingerprint density at radius 3 is 3.00 bits per heavy atom. The summed E-state index contributed by atoms with van der Waals surface area (Å²) in [5.41, 5.74) is 0.